The number of sulfonamides is 1. The zero-order valence-electron chi connectivity index (χ0n) is 13.8. The first-order valence-electron chi connectivity index (χ1n) is 8.01. The lowest BCUT2D eigenvalue weighted by atomic mass is 10.2. The van der Waals surface area contributed by atoms with E-state index in [9.17, 15) is 8.42 Å². The van der Waals surface area contributed by atoms with E-state index in [1.54, 1.807) is 12.1 Å². The Hall–Kier alpha value is -2.39. The molecule has 1 aliphatic carbocycles. The molecule has 1 aliphatic rings. The molecular formula is C16H18N4O4S. The molecule has 0 aliphatic heterocycles. The molecule has 0 N–H and O–H groups in total. The van der Waals surface area contributed by atoms with Gasteiger partial charge in [0, 0.05) is 12.7 Å². The summed E-state index contributed by atoms with van der Waals surface area (Å²) in [5.74, 6) is 0.563. The van der Waals surface area contributed by atoms with Gasteiger partial charge in [-0.25, -0.2) is 8.42 Å². The summed E-state index contributed by atoms with van der Waals surface area (Å²) in [7, 11) is -1.87. The molecule has 25 heavy (non-hydrogen) atoms. The Morgan fingerprint density at radius 1 is 1.32 bits per heavy atom. The third-order valence-corrected chi connectivity index (χ3v) is 6.22. The standard InChI is InChI=1S/C16H18N4O4S/c1-19-16-6-2-5-14(16)15(18-19)10-20(9-12-4-3-7-23-12)25(21,22)13-8-17-24-11-13/h3-4,7-8,11H,2,5-6,9-10H2,1H3. The smallest absolute Gasteiger partial charge is 0.248 e. The summed E-state index contributed by atoms with van der Waals surface area (Å²) in [6.07, 6.45) is 6.85. The van der Waals surface area contributed by atoms with Gasteiger partial charge in [-0.3, -0.25) is 4.68 Å². The quantitative estimate of drug-likeness (QED) is 0.664. The van der Waals surface area contributed by atoms with E-state index in [0.29, 0.717) is 5.76 Å². The van der Waals surface area contributed by atoms with Gasteiger partial charge >= 0.3 is 0 Å². The number of aryl methyl sites for hydroxylation is 1. The molecule has 4 rings (SSSR count). The van der Waals surface area contributed by atoms with Gasteiger partial charge in [-0.2, -0.15) is 9.40 Å². The summed E-state index contributed by atoms with van der Waals surface area (Å²) in [5, 5.41) is 8.05. The summed E-state index contributed by atoms with van der Waals surface area (Å²) in [6.45, 7) is 0.295. The van der Waals surface area contributed by atoms with Gasteiger partial charge in [-0.05, 0) is 37.0 Å². The third-order valence-electron chi connectivity index (χ3n) is 4.48. The first-order chi connectivity index (χ1) is 12.1. The molecule has 0 saturated heterocycles. The fraction of sp³-hybridized carbons (Fsp3) is 0.375. The van der Waals surface area contributed by atoms with E-state index in [0.717, 1.165) is 36.8 Å². The Morgan fingerprint density at radius 3 is 2.92 bits per heavy atom. The summed E-state index contributed by atoms with van der Waals surface area (Å²) in [5.41, 5.74) is 3.14. The molecule has 0 unspecified atom stereocenters. The largest absolute Gasteiger partial charge is 0.468 e. The maximum Gasteiger partial charge on any atom is 0.248 e. The van der Waals surface area contributed by atoms with Gasteiger partial charge < -0.3 is 8.94 Å². The molecule has 0 amide bonds. The van der Waals surface area contributed by atoms with E-state index in [1.165, 1.54) is 22.5 Å². The van der Waals surface area contributed by atoms with Crippen LogP contribution in [0.5, 0.6) is 0 Å². The Balaban J connectivity index is 1.70. The zero-order valence-corrected chi connectivity index (χ0v) is 14.6. The number of hydrogen-bond acceptors (Lipinski definition) is 6. The molecule has 0 aromatic carbocycles. The van der Waals surface area contributed by atoms with Crippen molar-refractivity contribution in [3.8, 4) is 0 Å². The Kier molecular flexibility index (Phi) is 3.97. The van der Waals surface area contributed by atoms with Crippen molar-refractivity contribution in [1.82, 2.24) is 19.2 Å². The predicted molar refractivity (Wildman–Crippen MR) is 86.9 cm³/mol. The Morgan fingerprint density at radius 2 is 2.20 bits per heavy atom. The van der Waals surface area contributed by atoms with Crippen molar-refractivity contribution in [1.29, 1.82) is 0 Å². The fourth-order valence-corrected chi connectivity index (χ4v) is 4.49. The molecule has 0 spiro atoms. The summed E-state index contributed by atoms with van der Waals surface area (Å²) >= 11 is 0. The maximum absolute atomic E-state index is 13.0. The van der Waals surface area contributed by atoms with Crippen molar-refractivity contribution < 1.29 is 17.4 Å². The molecular weight excluding hydrogens is 344 g/mol. The first kappa shape index (κ1) is 16.1. The third kappa shape index (κ3) is 2.89. The summed E-state index contributed by atoms with van der Waals surface area (Å²) in [6, 6.07) is 3.48. The summed E-state index contributed by atoms with van der Waals surface area (Å²) < 4.78 is 39.2. The lowest BCUT2D eigenvalue weighted by molar-refractivity contribution is 0.353. The Labute approximate surface area is 145 Å². The van der Waals surface area contributed by atoms with E-state index in [4.69, 9.17) is 8.94 Å². The second-order valence-electron chi connectivity index (χ2n) is 6.06. The van der Waals surface area contributed by atoms with E-state index < -0.39 is 10.0 Å². The van der Waals surface area contributed by atoms with Crippen LogP contribution in [0.2, 0.25) is 0 Å². The van der Waals surface area contributed by atoms with Crippen LogP contribution in [0.25, 0.3) is 0 Å². The lowest BCUT2D eigenvalue weighted by Crippen LogP contribution is -2.30. The van der Waals surface area contributed by atoms with Crippen LogP contribution in [0.3, 0.4) is 0 Å². The summed E-state index contributed by atoms with van der Waals surface area (Å²) in [4.78, 5) is 0.0200. The van der Waals surface area contributed by atoms with Gasteiger partial charge in [-0.1, -0.05) is 5.16 Å². The van der Waals surface area contributed by atoms with Crippen LogP contribution in [0.1, 0.15) is 29.1 Å². The van der Waals surface area contributed by atoms with Gasteiger partial charge in [0.1, 0.15) is 16.9 Å². The van der Waals surface area contributed by atoms with Crippen LogP contribution in [0.15, 0.2) is 44.7 Å². The van der Waals surface area contributed by atoms with Crippen molar-refractivity contribution in [3.63, 3.8) is 0 Å². The normalized spacial score (nSPS) is 14.3. The van der Waals surface area contributed by atoms with Crippen molar-refractivity contribution in [2.24, 2.45) is 7.05 Å². The molecule has 0 fully saturated rings. The maximum atomic E-state index is 13.0. The lowest BCUT2D eigenvalue weighted by Gasteiger charge is -2.19. The van der Waals surface area contributed by atoms with Gasteiger partial charge in [-0.15, -0.1) is 0 Å². The number of aromatic nitrogens is 3. The predicted octanol–water partition coefficient (Wildman–Crippen LogP) is 1.88. The van der Waals surface area contributed by atoms with E-state index in [2.05, 4.69) is 10.3 Å². The second-order valence-corrected chi connectivity index (χ2v) is 8.00. The van der Waals surface area contributed by atoms with Gasteiger partial charge in [0.25, 0.3) is 0 Å². The first-order valence-corrected chi connectivity index (χ1v) is 9.45. The van der Waals surface area contributed by atoms with Crippen LogP contribution in [-0.2, 0) is 43.0 Å². The average molecular weight is 362 g/mol. The van der Waals surface area contributed by atoms with E-state index in [1.807, 2.05) is 11.7 Å². The monoisotopic (exact) mass is 362 g/mol. The zero-order chi connectivity index (χ0) is 17.4. The van der Waals surface area contributed by atoms with Gasteiger partial charge in [0.2, 0.25) is 10.0 Å². The minimum Gasteiger partial charge on any atom is -0.468 e. The molecule has 0 bridgehead atoms. The molecule has 3 heterocycles. The number of nitrogens with zero attached hydrogens (tertiary/aromatic N) is 4. The molecule has 9 heteroatoms. The van der Waals surface area contributed by atoms with Crippen molar-refractivity contribution >= 4 is 10.0 Å². The van der Waals surface area contributed by atoms with Crippen LogP contribution in [0.4, 0.5) is 0 Å². The fourth-order valence-electron chi connectivity index (χ4n) is 3.27. The molecule has 0 radical (unpaired) electrons. The molecule has 3 aromatic heterocycles. The molecule has 8 nitrogen and oxygen atoms in total. The minimum absolute atomic E-state index is 0.0200. The van der Waals surface area contributed by atoms with Crippen molar-refractivity contribution in [2.45, 2.75) is 37.2 Å². The SMILES string of the molecule is Cn1nc(CN(Cc2ccco2)S(=O)(=O)c2cnoc2)c2c1CCC2. The van der Waals surface area contributed by atoms with Crippen LogP contribution < -0.4 is 0 Å². The minimum atomic E-state index is -3.77. The highest BCUT2D eigenvalue weighted by atomic mass is 32.2. The Bertz CT molecular complexity index is 958. The second kappa shape index (κ2) is 6.16. The van der Waals surface area contributed by atoms with Gasteiger partial charge in [0.05, 0.1) is 31.2 Å². The number of rotatable bonds is 6. The highest BCUT2D eigenvalue weighted by molar-refractivity contribution is 7.89. The molecule has 0 atom stereocenters. The van der Waals surface area contributed by atoms with Crippen LogP contribution in [0, 0.1) is 0 Å². The average Bonchev–Trinajstić information content (AvgIpc) is 3.36. The number of hydrogen-bond donors (Lipinski definition) is 0. The van der Waals surface area contributed by atoms with E-state index in [-0.39, 0.29) is 18.0 Å². The molecule has 132 valence electrons. The van der Waals surface area contributed by atoms with Gasteiger partial charge in [0.15, 0.2) is 0 Å². The number of fused-ring (bicyclic) bond motifs is 1. The van der Waals surface area contributed by atoms with Crippen molar-refractivity contribution in [3.05, 3.63) is 53.6 Å². The van der Waals surface area contributed by atoms with Crippen LogP contribution >= 0.6 is 0 Å². The topological polar surface area (TPSA) is 94.4 Å². The molecule has 3 aromatic rings. The molecule has 0 saturated carbocycles. The van der Waals surface area contributed by atoms with Crippen molar-refractivity contribution in [2.75, 3.05) is 0 Å². The van der Waals surface area contributed by atoms with E-state index >= 15 is 0 Å². The number of furan rings is 1. The highest BCUT2D eigenvalue weighted by Gasteiger charge is 2.30. The van der Waals surface area contributed by atoms with Crippen LogP contribution in [-0.4, -0.2) is 27.7 Å². The highest BCUT2D eigenvalue weighted by Crippen LogP contribution is 2.28.